The molecule has 3 rings (SSSR count). The Morgan fingerprint density at radius 1 is 1.11 bits per heavy atom. The third-order valence-electron chi connectivity index (χ3n) is 3.95. The van der Waals surface area contributed by atoms with E-state index in [1.165, 1.54) is 0 Å². The molecular formula is C20H23N3O3S. The molecule has 0 atom stereocenters. The summed E-state index contributed by atoms with van der Waals surface area (Å²) in [7, 11) is 1.94. The highest BCUT2D eigenvalue weighted by Crippen LogP contribution is 2.26. The van der Waals surface area contributed by atoms with E-state index in [1.54, 1.807) is 11.3 Å². The van der Waals surface area contributed by atoms with Gasteiger partial charge in [-0.25, -0.2) is 5.43 Å². The van der Waals surface area contributed by atoms with E-state index in [4.69, 9.17) is 9.47 Å². The maximum absolute atomic E-state index is 12.0. The molecule has 0 aliphatic rings. The van der Waals surface area contributed by atoms with Crippen LogP contribution in [0.2, 0.25) is 0 Å². The van der Waals surface area contributed by atoms with Crippen LogP contribution in [0, 0.1) is 0 Å². The Labute approximate surface area is 162 Å². The lowest BCUT2D eigenvalue weighted by Gasteiger charge is -2.11. The molecule has 0 saturated carbocycles. The van der Waals surface area contributed by atoms with E-state index in [9.17, 15) is 4.79 Å². The quantitative estimate of drug-likeness (QED) is 0.477. The number of amides is 1. The topological polar surface area (TPSA) is 64.8 Å². The molecule has 1 N–H and O–H groups in total. The van der Waals surface area contributed by atoms with E-state index < -0.39 is 0 Å². The molecule has 3 aromatic rings. The van der Waals surface area contributed by atoms with E-state index in [0.717, 1.165) is 20.8 Å². The smallest absolute Gasteiger partial charge is 0.240 e. The summed E-state index contributed by atoms with van der Waals surface area (Å²) >= 11 is 1.54. The van der Waals surface area contributed by atoms with Gasteiger partial charge in [0.25, 0.3) is 0 Å². The minimum absolute atomic E-state index is 0.130. The molecule has 6 nitrogen and oxygen atoms in total. The Kier molecular flexibility index (Phi) is 6.49. The Morgan fingerprint density at radius 2 is 1.81 bits per heavy atom. The van der Waals surface area contributed by atoms with E-state index in [1.807, 2.05) is 67.1 Å². The van der Waals surface area contributed by atoms with Crippen molar-refractivity contribution in [1.82, 2.24) is 9.99 Å². The molecule has 0 saturated heterocycles. The van der Waals surface area contributed by atoms with Gasteiger partial charge in [-0.05, 0) is 37.6 Å². The standard InChI is InChI=1S/C20H23N3O3S/c1-3-25-16-10-5-6-11-17(16)26-14-8-13-19(24)21-22-20-23(2)15-9-4-7-12-18(15)27-20/h4-7,9-12H,3,8,13-14H2,1-2H3,(H,21,24)/b22-20+. The van der Waals surface area contributed by atoms with Gasteiger partial charge in [-0.3, -0.25) is 4.79 Å². The van der Waals surface area contributed by atoms with Gasteiger partial charge in [0, 0.05) is 13.5 Å². The van der Waals surface area contributed by atoms with Crippen LogP contribution in [0.3, 0.4) is 0 Å². The first kappa shape index (κ1) is 19.0. The third-order valence-corrected chi connectivity index (χ3v) is 5.06. The van der Waals surface area contributed by atoms with Crippen molar-refractivity contribution in [2.45, 2.75) is 19.8 Å². The fraction of sp³-hybridized carbons (Fsp3) is 0.300. The molecule has 0 bridgehead atoms. The number of nitrogens with one attached hydrogen (secondary N) is 1. The summed E-state index contributed by atoms with van der Waals surface area (Å²) < 4.78 is 14.3. The maximum Gasteiger partial charge on any atom is 0.240 e. The van der Waals surface area contributed by atoms with Gasteiger partial charge in [0.05, 0.1) is 23.4 Å². The van der Waals surface area contributed by atoms with Gasteiger partial charge in [0.15, 0.2) is 11.5 Å². The van der Waals surface area contributed by atoms with Crippen LogP contribution >= 0.6 is 11.3 Å². The fourth-order valence-electron chi connectivity index (χ4n) is 2.61. The van der Waals surface area contributed by atoms with Crippen LogP contribution in [-0.4, -0.2) is 23.7 Å². The Morgan fingerprint density at radius 3 is 2.56 bits per heavy atom. The molecule has 27 heavy (non-hydrogen) atoms. The number of hydrogen-bond acceptors (Lipinski definition) is 5. The molecule has 0 unspecified atom stereocenters. The molecule has 2 aromatic carbocycles. The van der Waals surface area contributed by atoms with Crippen LogP contribution in [0.4, 0.5) is 0 Å². The summed E-state index contributed by atoms with van der Waals surface area (Å²) in [5.74, 6) is 1.28. The highest BCUT2D eigenvalue weighted by atomic mass is 32.1. The minimum atomic E-state index is -0.130. The van der Waals surface area contributed by atoms with Crippen molar-refractivity contribution < 1.29 is 14.3 Å². The average molecular weight is 385 g/mol. The zero-order chi connectivity index (χ0) is 19.1. The second kappa shape index (κ2) is 9.23. The van der Waals surface area contributed by atoms with E-state index in [0.29, 0.717) is 31.8 Å². The number of aryl methyl sites for hydroxylation is 1. The van der Waals surface area contributed by atoms with Crippen molar-refractivity contribution in [3.8, 4) is 11.5 Å². The molecule has 142 valence electrons. The maximum atomic E-state index is 12.0. The van der Waals surface area contributed by atoms with E-state index in [2.05, 4.69) is 10.5 Å². The Bertz CT molecular complexity index is 978. The summed E-state index contributed by atoms with van der Waals surface area (Å²) in [6, 6.07) is 15.6. The molecule has 0 fully saturated rings. The van der Waals surface area contributed by atoms with Gasteiger partial charge in [0.1, 0.15) is 0 Å². The normalized spacial score (nSPS) is 11.6. The van der Waals surface area contributed by atoms with Crippen molar-refractivity contribution in [2.24, 2.45) is 12.1 Å². The molecule has 0 radical (unpaired) electrons. The highest BCUT2D eigenvalue weighted by Gasteiger charge is 2.06. The van der Waals surface area contributed by atoms with Gasteiger partial charge in [0.2, 0.25) is 10.7 Å². The second-order valence-corrected chi connectivity index (χ2v) is 6.90. The van der Waals surface area contributed by atoms with Crippen LogP contribution in [0.15, 0.2) is 53.6 Å². The van der Waals surface area contributed by atoms with Crippen LogP contribution < -0.4 is 19.7 Å². The number of para-hydroxylation sites is 3. The van der Waals surface area contributed by atoms with Gasteiger partial charge in [-0.15, -0.1) is 5.10 Å². The van der Waals surface area contributed by atoms with Crippen LogP contribution in [-0.2, 0) is 11.8 Å². The summed E-state index contributed by atoms with van der Waals surface area (Å²) in [6.07, 6.45) is 0.940. The number of carbonyl (C=O) groups excluding carboxylic acids is 1. The SMILES string of the molecule is CCOc1ccccc1OCCCC(=O)N/N=c1/sc2ccccc2n1C. The first-order chi connectivity index (χ1) is 13.2. The first-order valence-corrected chi connectivity index (χ1v) is 9.72. The van der Waals surface area contributed by atoms with Gasteiger partial charge in [-0.2, -0.15) is 0 Å². The van der Waals surface area contributed by atoms with Crippen molar-refractivity contribution in [1.29, 1.82) is 0 Å². The summed E-state index contributed by atoms with van der Waals surface area (Å²) in [5.41, 5.74) is 3.72. The number of hydrogen-bond donors (Lipinski definition) is 1. The number of rotatable bonds is 8. The van der Waals surface area contributed by atoms with Crippen molar-refractivity contribution in [3.05, 3.63) is 53.3 Å². The molecule has 1 amide bonds. The molecule has 1 aromatic heterocycles. The molecule has 0 spiro atoms. The Hall–Kier alpha value is -2.80. The summed E-state index contributed by atoms with van der Waals surface area (Å²) in [6.45, 7) is 2.95. The molecule has 1 heterocycles. The first-order valence-electron chi connectivity index (χ1n) is 8.90. The Balaban J connectivity index is 1.49. The lowest BCUT2D eigenvalue weighted by molar-refractivity contribution is -0.121. The number of nitrogens with zero attached hydrogens (tertiary/aromatic N) is 2. The van der Waals surface area contributed by atoms with Crippen LogP contribution in [0.25, 0.3) is 10.2 Å². The number of thiazole rings is 1. The van der Waals surface area contributed by atoms with Crippen LogP contribution in [0.1, 0.15) is 19.8 Å². The van der Waals surface area contributed by atoms with Crippen LogP contribution in [0.5, 0.6) is 11.5 Å². The van der Waals surface area contributed by atoms with Gasteiger partial charge < -0.3 is 14.0 Å². The lowest BCUT2D eigenvalue weighted by atomic mass is 10.3. The third kappa shape index (κ3) is 4.89. The fourth-order valence-corrected chi connectivity index (χ4v) is 3.59. The monoisotopic (exact) mass is 385 g/mol. The predicted molar refractivity (Wildman–Crippen MR) is 107 cm³/mol. The van der Waals surface area contributed by atoms with Crippen molar-refractivity contribution in [2.75, 3.05) is 13.2 Å². The molecule has 0 aliphatic carbocycles. The largest absolute Gasteiger partial charge is 0.490 e. The molecule has 7 heteroatoms. The predicted octanol–water partition coefficient (Wildman–Crippen LogP) is 3.43. The lowest BCUT2D eigenvalue weighted by Crippen LogP contribution is -2.23. The average Bonchev–Trinajstić information content (AvgIpc) is 3.01. The number of fused-ring (bicyclic) bond motifs is 1. The zero-order valence-electron chi connectivity index (χ0n) is 15.5. The van der Waals surface area contributed by atoms with Gasteiger partial charge >= 0.3 is 0 Å². The molecular weight excluding hydrogens is 362 g/mol. The second-order valence-electron chi connectivity index (χ2n) is 5.89. The zero-order valence-corrected chi connectivity index (χ0v) is 16.3. The number of aromatic nitrogens is 1. The number of ether oxygens (including phenoxy) is 2. The summed E-state index contributed by atoms with van der Waals surface area (Å²) in [4.78, 5) is 12.8. The number of benzene rings is 2. The van der Waals surface area contributed by atoms with Crippen molar-refractivity contribution >= 4 is 27.5 Å². The van der Waals surface area contributed by atoms with Gasteiger partial charge in [-0.1, -0.05) is 35.6 Å². The van der Waals surface area contributed by atoms with Crippen molar-refractivity contribution in [3.63, 3.8) is 0 Å². The molecule has 0 aliphatic heterocycles. The minimum Gasteiger partial charge on any atom is -0.490 e. The van der Waals surface area contributed by atoms with E-state index >= 15 is 0 Å². The highest BCUT2D eigenvalue weighted by molar-refractivity contribution is 7.16. The van der Waals surface area contributed by atoms with E-state index in [-0.39, 0.29) is 5.91 Å². The summed E-state index contributed by atoms with van der Waals surface area (Å²) in [5, 5.41) is 4.24. The number of carbonyl (C=O) groups is 1.